The monoisotopic (exact) mass is 577 g/mol. The molecule has 0 rings (SSSR count). The van der Waals surface area contributed by atoms with Crippen molar-refractivity contribution in [2.24, 2.45) is 34.4 Å². The molecule has 175 valence electrons. The number of rotatable bonds is 12. The first-order valence-electron chi connectivity index (χ1n) is 8.35. The van der Waals surface area contributed by atoms with Crippen LogP contribution in [0.4, 0.5) is 0 Å². The van der Waals surface area contributed by atoms with Crippen molar-refractivity contribution in [1.82, 2.24) is 0 Å². The molecule has 1 radical (unpaired) electrons. The van der Waals surface area contributed by atoms with E-state index in [1.807, 2.05) is 0 Å². The Balaban J connectivity index is -0.000000174. The molecule has 3 atom stereocenters. The van der Waals surface area contributed by atoms with E-state index in [0.29, 0.717) is 0 Å². The fraction of sp³-hybridized carbons (Fsp3) is 0.600. The normalized spacial score (nSPS) is 12.1. The molecule has 12 N–H and O–H groups in total. The summed E-state index contributed by atoms with van der Waals surface area (Å²) in [5.41, 5.74) is 29.2. The summed E-state index contributed by atoms with van der Waals surface area (Å²) < 4.78 is 0. The number of primary amides is 3. The van der Waals surface area contributed by atoms with Crippen molar-refractivity contribution in [3.63, 3.8) is 0 Å². The van der Waals surface area contributed by atoms with Crippen molar-refractivity contribution in [2.75, 3.05) is 0 Å². The Bertz CT molecular complexity index is 525. The van der Waals surface area contributed by atoms with Gasteiger partial charge in [0.1, 0.15) is 0 Å². The van der Waals surface area contributed by atoms with Gasteiger partial charge < -0.3 is 64.1 Å². The van der Waals surface area contributed by atoms with Crippen LogP contribution in [0.1, 0.15) is 38.5 Å². The second-order valence-corrected chi connectivity index (χ2v) is 5.79. The van der Waals surface area contributed by atoms with Crippen LogP contribution in [0.25, 0.3) is 0 Å². The second-order valence-electron chi connectivity index (χ2n) is 5.79. The maximum absolute atomic E-state index is 10.1. The maximum Gasteiger partial charge on any atom is 3.00 e. The summed E-state index contributed by atoms with van der Waals surface area (Å²) in [6.45, 7) is 0. The quantitative estimate of drug-likeness (QED) is 0.125. The maximum atomic E-state index is 10.1. The number of carboxylic acids is 3. The number of amides is 3. The van der Waals surface area contributed by atoms with Gasteiger partial charge in [-0.15, -0.1) is 0 Å². The zero-order valence-electron chi connectivity index (χ0n) is 16.6. The Kier molecular flexibility index (Phi) is 25.0. The molecule has 0 saturated heterocycles. The first-order valence-corrected chi connectivity index (χ1v) is 8.35. The topological polar surface area (TPSA) is 328 Å². The minimum Gasteiger partial charge on any atom is -0.548 e. The number of carbonyl (C=O) groups is 6. The molecule has 0 spiro atoms. The van der Waals surface area contributed by atoms with E-state index in [1.54, 1.807) is 0 Å². The van der Waals surface area contributed by atoms with Crippen LogP contribution in [-0.2, 0) is 28.8 Å². The minimum absolute atomic E-state index is 0. The minimum atomic E-state index is -1.36. The van der Waals surface area contributed by atoms with E-state index in [2.05, 4.69) is 0 Å². The van der Waals surface area contributed by atoms with Crippen molar-refractivity contribution in [2.45, 2.75) is 56.7 Å². The Morgan fingerprint density at radius 2 is 0.677 bits per heavy atom. The summed E-state index contributed by atoms with van der Waals surface area (Å²) in [5.74, 6) is -5.76. The van der Waals surface area contributed by atoms with Gasteiger partial charge in [-0.3, -0.25) is 14.4 Å². The Morgan fingerprint density at radius 3 is 0.774 bits per heavy atom. The molecule has 3 amide bonds. The fourth-order valence-corrected chi connectivity index (χ4v) is 1.25. The van der Waals surface area contributed by atoms with Crippen LogP contribution in [0.3, 0.4) is 0 Å². The molecule has 0 unspecified atom stereocenters. The predicted octanol–water partition coefficient (Wildman–Crippen LogP) is -8.01. The second kappa shape index (κ2) is 21.3. The van der Waals surface area contributed by atoms with Crippen molar-refractivity contribution in [1.29, 1.82) is 0 Å². The first kappa shape index (κ1) is 36.4. The van der Waals surface area contributed by atoms with Crippen LogP contribution in [0.2, 0.25) is 0 Å². The van der Waals surface area contributed by atoms with Gasteiger partial charge in [-0.05, 0) is 19.3 Å². The van der Waals surface area contributed by atoms with Crippen molar-refractivity contribution >= 4 is 35.6 Å². The number of carbonyl (C=O) groups excluding carboxylic acids is 6. The van der Waals surface area contributed by atoms with Crippen LogP contribution in [0.5, 0.6) is 0 Å². The summed E-state index contributed by atoms with van der Waals surface area (Å²) in [6.07, 6.45) is 0.0619. The third-order valence-corrected chi connectivity index (χ3v) is 3.01. The standard InChI is InChI=1S/3C5H10N2O3.Nd/c3*6-3(5(9)10)1-2-4(7)8;/h3*3H,1-2,6H2,(H2,7,8)(H,9,10);/q;;;+3/p-3/t3*3-;/m000./s1. The van der Waals surface area contributed by atoms with E-state index < -0.39 is 53.8 Å². The van der Waals surface area contributed by atoms with E-state index >= 15 is 0 Å². The molecule has 0 aromatic rings. The van der Waals surface area contributed by atoms with E-state index in [9.17, 15) is 44.1 Å². The third kappa shape index (κ3) is 30.3. The zero-order valence-corrected chi connectivity index (χ0v) is 19.8. The fourth-order valence-electron chi connectivity index (χ4n) is 1.25. The number of hydrogen-bond acceptors (Lipinski definition) is 12. The molecule has 0 heterocycles. The van der Waals surface area contributed by atoms with Crippen LogP contribution in [-0.4, -0.2) is 53.8 Å². The Labute approximate surface area is 210 Å². The van der Waals surface area contributed by atoms with E-state index in [4.69, 9.17) is 34.4 Å². The molecule has 0 aromatic heterocycles. The van der Waals surface area contributed by atoms with Gasteiger partial charge in [0.15, 0.2) is 0 Å². The summed E-state index contributed by atoms with van der Waals surface area (Å²) in [4.78, 5) is 60.0. The SMILES string of the molecule is NC(=O)CC[C@H](N)C(=O)[O-].NC(=O)CC[C@H](N)C(=O)[O-].NC(=O)CC[C@H](N)C(=O)[O-].[Nd+3]. The van der Waals surface area contributed by atoms with Gasteiger partial charge in [-0.1, -0.05) is 0 Å². The number of aliphatic carboxylic acids is 3. The van der Waals surface area contributed by atoms with Crippen LogP contribution < -0.4 is 49.7 Å². The summed E-state index contributed by atoms with van der Waals surface area (Å²) in [7, 11) is 0. The number of hydrogen-bond donors (Lipinski definition) is 6. The first-order chi connectivity index (χ1) is 13.6. The van der Waals surface area contributed by atoms with E-state index in [-0.39, 0.29) is 79.4 Å². The van der Waals surface area contributed by atoms with Gasteiger partial charge in [0.25, 0.3) is 0 Å². The summed E-state index contributed by atoms with van der Waals surface area (Å²) in [5, 5.41) is 29.8. The van der Waals surface area contributed by atoms with Gasteiger partial charge in [-0.25, -0.2) is 0 Å². The molecule has 0 aliphatic heterocycles. The zero-order chi connectivity index (χ0) is 24.4. The molecule has 0 aliphatic carbocycles. The Hall–Kier alpha value is -1.95. The Morgan fingerprint density at radius 1 is 0.516 bits per heavy atom. The number of carboxylic acid groups (broad SMARTS) is 3. The average molecular weight is 580 g/mol. The molecule has 0 saturated carbocycles. The molecule has 15 nitrogen and oxygen atoms in total. The largest absolute Gasteiger partial charge is 3.00 e. The van der Waals surface area contributed by atoms with E-state index in [0.717, 1.165) is 0 Å². The third-order valence-electron chi connectivity index (χ3n) is 3.01. The molecule has 0 fully saturated rings. The summed E-state index contributed by atoms with van der Waals surface area (Å²) >= 11 is 0. The molecule has 31 heavy (non-hydrogen) atoms. The summed E-state index contributed by atoms with van der Waals surface area (Å²) in [6, 6.07) is -3.27. The van der Waals surface area contributed by atoms with Crippen molar-refractivity contribution < 1.29 is 84.9 Å². The smallest absolute Gasteiger partial charge is 0.548 e. The van der Waals surface area contributed by atoms with Crippen molar-refractivity contribution in [3.8, 4) is 0 Å². The van der Waals surface area contributed by atoms with Gasteiger partial charge >= 0.3 is 40.8 Å². The van der Waals surface area contributed by atoms with Crippen LogP contribution >= 0.6 is 0 Å². The van der Waals surface area contributed by atoms with Crippen LogP contribution in [0.15, 0.2) is 0 Å². The van der Waals surface area contributed by atoms with Crippen molar-refractivity contribution in [3.05, 3.63) is 0 Å². The molecule has 0 aliphatic rings. The molecule has 0 aromatic carbocycles. The average Bonchev–Trinajstić information content (AvgIpc) is 2.62. The predicted molar refractivity (Wildman–Crippen MR) is 94.2 cm³/mol. The van der Waals surface area contributed by atoms with Gasteiger partial charge in [0.2, 0.25) is 17.7 Å². The number of nitrogens with two attached hydrogens (primary N) is 6. The van der Waals surface area contributed by atoms with Gasteiger partial charge in [0, 0.05) is 37.4 Å². The molecular weight excluding hydrogens is 552 g/mol. The molecule has 0 bridgehead atoms. The van der Waals surface area contributed by atoms with Gasteiger partial charge in [0.05, 0.1) is 17.9 Å². The molecule has 16 heteroatoms. The van der Waals surface area contributed by atoms with E-state index in [1.165, 1.54) is 0 Å². The van der Waals surface area contributed by atoms with Gasteiger partial charge in [-0.2, -0.15) is 0 Å². The van der Waals surface area contributed by atoms with Crippen LogP contribution in [0, 0.1) is 40.8 Å². The molecular formula is C15H27N6NdO9.